The zero-order valence-corrected chi connectivity index (χ0v) is 14.2. The van der Waals surface area contributed by atoms with Crippen LogP contribution >= 0.6 is 0 Å². The number of likely N-dealkylation sites (tertiary alicyclic amines) is 1. The quantitative estimate of drug-likeness (QED) is 0.612. The lowest BCUT2D eigenvalue weighted by Gasteiger charge is -2.41. The van der Waals surface area contributed by atoms with Gasteiger partial charge in [-0.15, -0.1) is 13.2 Å². The maximum Gasteiger partial charge on any atom is 0.573 e. The van der Waals surface area contributed by atoms with E-state index in [0.717, 1.165) is 29.2 Å². The molecular formula is C16H15F6N3O3. The third-order valence-electron chi connectivity index (χ3n) is 4.57. The number of rotatable bonds is 3. The molecule has 2 aliphatic heterocycles. The van der Waals surface area contributed by atoms with Crippen LogP contribution in [0.2, 0.25) is 0 Å². The molecule has 1 N–H and O–H groups in total. The molecule has 6 nitrogen and oxygen atoms in total. The van der Waals surface area contributed by atoms with Crippen molar-refractivity contribution in [3.8, 4) is 5.75 Å². The molecule has 2 fully saturated rings. The predicted molar refractivity (Wildman–Crippen MR) is 83.4 cm³/mol. The maximum absolute atomic E-state index is 13.9. The van der Waals surface area contributed by atoms with Gasteiger partial charge >= 0.3 is 18.6 Å². The Morgan fingerprint density at radius 1 is 0.929 bits per heavy atom. The largest absolute Gasteiger partial charge is 0.573 e. The van der Waals surface area contributed by atoms with E-state index in [0.29, 0.717) is 19.3 Å². The summed E-state index contributed by atoms with van der Waals surface area (Å²) < 4.78 is 82.1. The maximum atomic E-state index is 13.9. The summed E-state index contributed by atoms with van der Waals surface area (Å²) in [5, 5.41) is 1.76. The third-order valence-corrected chi connectivity index (χ3v) is 4.57. The number of ether oxygens (including phenoxy) is 1. The molecule has 0 radical (unpaired) electrons. The Labute approximate surface area is 155 Å². The van der Waals surface area contributed by atoms with Crippen LogP contribution in [0.15, 0.2) is 24.3 Å². The highest BCUT2D eigenvalue weighted by Crippen LogP contribution is 2.41. The van der Waals surface area contributed by atoms with Crippen LogP contribution < -0.4 is 15.0 Å². The van der Waals surface area contributed by atoms with Gasteiger partial charge < -0.3 is 10.1 Å². The first-order valence-electron chi connectivity index (χ1n) is 8.30. The molecule has 2 saturated heterocycles. The van der Waals surface area contributed by atoms with Crippen LogP contribution in [0.4, 0.5) is 36.8 Å². The Balaban J connectivity index is 1.93. The normalized spacial score (nSPS) is 24.4. The smallest absolute Gasteiger partial charge is 0.406 e. The van der Waals surface area contributed by atoms with Gasteiger partial charge in [-0.2, -0.15) is 13.2 Å². The Kier molecular flexibility index (Phi) is 4.94. The zero-order valence-electron chi connectivity index (χ0n) is 14.2. The summed E-state index contributed by atoms with van der Waals surface area (Å²) in [6.07, 6.45) is -8.47. The number of nitrogens with one attached hydrogen (secondary N) is 1. The molecule has 1 unspecified atom stereocenters. The van der Waals surface area contributed by atoms with Crippen molar-refractivity contribution in [3.63, 3.8) is 0 Å². The topological polar surface area (TPSA) is 61.9 Å². The molecular weight excluding hydrogens is 396 g/mol. The van der Waals surface area contributed by atoms with E-state index in [2.05, 4.69) is 4.74 Å². The fourth-order valence-corrected chi connectivity index (χ4v) is 3.36. The van der Waals surface area contributed by atoms with E-state index in [-0.39, 0.29) is 23.7 Å². The highest BCUT2D eigenvalue weighted by Gasteiger charge is 2.70. The van der Waals surface area contributed by atoms with Crippen LogP contribution in [0.1, 0.15) is 19.3 Å². The Hall–Kier alpha value is -2.50. The first-order valence-corrected chi connectivity index (χ1v) is 8.30. The molecule has 3 amide bonds. The van der Waals surface area contributed by atoms with E-state index in [1.165, 1.54) is 0 Å². The number of hydrogen-bond donors (Lipinski definition) is 1. The zero-order chi connectivity index (χ0) is 20.7. The number of alkyl halides is 6. The number of piperidine rings is 1. The fourth-order valence-electron chi connectivity index (χ4n) is 3.36. The summed E-state index contributed by atoms with van der Waals surface area (Å²) in [4.78, 5) is 26.2. The van der Waals surface area contributed by atoms with Gasteiger partial charge in [-0.05, 0) is 37.1 Å². The van der Waals surface area contributed by atoms with E-state index in [1.807, 2.05) is 0 Å². The first-order chi connectivity index (χ1) is 13.0. The molecule has 0 aliphatic carbocycles. The van der Waals surface area contributed by atoms with Gasteiger partial charge in [0.25, 0.3) is 11.6 Å². The number of carbonyl (C=O) groups is 2. The molecule has 154 valence electrons. The SMILES string of the molecule is O=C1NC(N2CCCCC2)(C(F)(F)F)C(=O)N1c1ccc(OC(F)(F)F)cc1. The molecule has 0 aromatic heterocycles. The van der Waals surface area contributed by atoms with Crippen LogP contribution in [-0.2, 0) is 4.79 Å². The van der Waals surface area contributed by atoms with E-state index in [1.54, 1.807) is 5.32 Å². The van der Waals surface area contributed by atoms with Gasteiger partial charge in [0.05, 0.1) is 5.69 Å². The van der Waals surface area contributed by atoms with E-state index < -0.39 is 35.9 Å². The monoisotopic (exact) mass is 411 g/mol. The summed E-state index contributed by atoms with van der Waals surface area (Å²) in [7, 11) is 0. The van der Waals surface area contributed by atoms with Crippen molar-refractivity contribution in [2.24, 2.45) is 0 Å². The summed E-state index contributed by atoms with van der Waals surface area (Å²) >= 11 is 0. The number of anilines is 1. The van der Waals surface area contributed by atoms with Crippen LogP contribution in [0.25, 0.3) is 0 Å². The van der Waals surface area contributed by atoms with Crippen LogP contribution in [-0.4, -0.2) is 48.1 Å². The number of carbonyl (C=O) groups excluding carboxylic acids is 2. The Morgan fingerprint density at radius 3 is 2.00 bits per heavy atom. The number of imide groups is 1. The molecule has 1 aromatic rings. The molecule has 28 heavy (non-hydrogen) atoms. The number of hydrogen-bond acceptors (Lipinski definition) is 4. The lowest BCUT2D eigenvalue weighted by molar-refractivity contribution is -0.274. The molecule has 3 rings (SSSR count). The van der Waals surface area contributed by atoms with Crippen molar-refractivity contribution in [3.05, 3.63) is 24.3 Å². The van der Waals surface area contributed by atoms with Crippen LogP contribution in [0.5, 0.6) is 5.75 Å². The standard InChI is InChI=1S/C16H15F6N3O3/c17-15(18,19)14(24-8-2-1-3-9-24)12(26)25(13(27)23-14)10-4-6-11(7-5-10)28-16(20,21)22/h4-7H,1-3,8-9H2,(H,23,27). The predicted octanol–water partition coefficient (Wildman–Crippen LogP) is 3.39. The highest BCUT2D eigenvalue weighted by molar-refractivity contribution is 6.23. The van der Waals surface area contributed by atoms with Crippen molar-refractivity contribution in [2.75, 3.05) is 18.0 Å². The lowest BCUT2D eigenvalue weighted by Crippen LogP contribution is -2.70. The molecule has 0 bridgehead atoms. The van der Waals surface area contributed by atoms with Gasteiger partial charge in [-0.1, -0.05) is 6.42 Å². The van der Waals surface area contributed by atoms with Crippen molar-refractivity contribution < 1.29 is 40.7 Å². The third kappa shape index (κ3) is 3.48. The van der Waals surface area contributed by atoms with E-state index in [9.17, 15) is 35.9 Å². The van der Waals surface area contributed by atoms with Crippen molar-refractivity contribution in [1.29, 1.82) is 0 Å². The minimum absolute atomic E-state index is 0.0300. The Morgan fingerprint density at radius 2 is 1.50 bits per heavy atom. The van der Waals surface area contributed by atoms with Crippen molar-refractivity contribution in [2.45, 2.75) is 37.5 Å². The average Bonchev–Trinajstić information content (AvgIpc) is 2.87. The lowest BCUT2D eigenvalue weighted by atomic mass is 10.0. The Bertz CT molecular complexity index is 758. The van der Waals surface area contributed by atoms with E-state index in [4.69, 9.17) is 0 Å². The molecule has 0 saturated carbocycles. The summed E-state index contributed by atoms with van der Waals surface area (Å²) in [5.41, 5.74) is -3.51. The minimum atomic E-state index is -5.09. The van der Waals surface area contributed by atoms with E-state index >= 15 is 0 Å². The second kappa shape index (κ2) is 6.83. The highest BCUT2D eigenvalue weighted by atomic mass is 19.4. The van der Waals surface area contributed by atoms with Gasteiger partial charge in [0, 0.05) is 13.1 Å². The number of nitrogens with zero attached hydrogens (tertiary/aromatic N) is 2. The van der Waals surface area contributed by atoms with Gasteiger partial charge in [-0.25, -0.2) is 9.69 Å². The van der Waals surface area contributed by atoms with Gasteiger partial charge in [0.2, 0.25) is 0 Å². The van der Waals surface area contributed by atoms with Crippen LogP contribution in [0, 0.1) is 0 Å². The molecule has 1 atom stereocenters. The number of urea groups is 1. The van der Waals surface area contributed by atoms with Crippen molar-refractivity contribution >= 4 is 17.6 Å². The summed E-state index contributed by atoms with van der Waals surface area (Å²) in [5.74, 6) is -2.18. The van der Waals surface area contributed by atoms with Gasteiger partial charge in [0.1, 0.15) is 5.75 Å². The first kappa shape index (κ1) is 20.2. The molecule has 12 heteroatoms. The summed E-state index contributed by atoms with van der Waals surface area (Å²) in [6.45, 7) is -0.0601. The summed E-state index contributed by atoms with van der Waals surface area (Å²) in [6, 6.07) is 2.11. The molecule has 2 aliphatic rings. The van der Waals surface area contributed by atoms with Crippen molar-refractivity contribution in [1.82, 2.24) is 10.2 Å². The fraction of sp³-hybridized carbons (Fsp3) is 0.500. The average molecular weight is 411 g/mol. The minimum Gasteiger partial charge on any atom is -0.406 e. The molecule has 2 heterocycles. The number of halogens is 6. The van der Waals surface area contributed by atoms with Crippen LogP contribution in [0.3, 0.4) is 0 Å². The van der Waals surface area contributed by atoms with Gasteiger partial charge in [0.15, 0.2) is 0 Å². The molecule has 1 aromatic carbocycles. The second-order valence-corrected chi connectivity index (χ2v) is 6.37. The van der Waals surface area contributed by atoms with Gasteiger partial charge in [-0.3, -0.25) is 9.69 Å². The number of benzene rings is 1. The second-order valence-electron chi connectivity index (χ2n) is 6.37. The molecule has 0 spiro atoms. The number of amides is 3.